The Labute approximate surface area is 166 Å². The van der Waals surface area contributed by atoms with Crippen molar-refractivity contribution in [1.29, 1.82) is 0 Å². The maximum atomic E-state index is 12.7. The van der Waals surface area contributed by atoms with E-state index in [1.807, 2.05) is 30.3 Å². The molecule has 0 bridgehead atoms. The van der Waals surface area contributed by atoms with Gasteiger partial charge in [-0.2, -0.15) is 9.90 Å². The van der Waals surface area contributed by atoms with Crippen molar-refractivity contribution in [2.45, 2.75) is 25.2 Å². The number of thioether (sulfide) groups is 1. The molecule has 1 amide bonds. The monoisotopic (exact) mass is 397 g/mol. The minimum Gasteiger partial charge on any atom is -0.315 e. The Hall–Kier alpha value is -3.20. The lowest BCUT2D eigenvalue weighted by molar-refractivity contribution is -0.384. The number of anilines is 1. The Morgan fingerprint density at radius 1 is 1.21 bits per heavy atom. The fourth-order valence-corrected chi connectivity index (χ4v) is 3.34. The third kappa shape index (κ3) is 4.37. The van der Waals surface area contributed by atoms with E-state index in [4.69, 9.17) is 0 Å². The molecule has 0 saturated heterocycles. The lowest BCUT2D eigenvalue weighted by Gasteiger charge is -2.07. The minimum absolute atomic E-state index is 0.116. The van der Waals surface area contributed by atoms with Crippen molar-refractivity contribution in [3.05, 3.63) is 70.0 Å². The van der Waals surface area contributed by atoms with Gasteiger partial charge in [-0.3, -0.25) is 14.9 Å². The van der Waals surface area contributed by atoms with Gasteiger partial charge in [0.25, 0.3) is 11.6 Å². The Morgan fingerprint density at radius 3 is 2.64 bits per heavy atom. The number of carbonyl (C=O) groups is 1. The molecule has 0 spiro atoms. The van der Waals surface area contributed by atoms with Gasteiger partial charge in [0.05, 0.1) is 16.3 Å². The van der Waals surface area contributed by atoms with E-state index in [0.29, 0.717) is 11.4 Å². The molecule has 0 saturated carbocycles. The van der Waals surface area contributed by atoms with Crippen LogP contribution < -0.4 is 5.32 Å². The van der Waals surface area contributed by atoms with Crippen LogP contribution in [0.3, 0.4) is 0 Å². The van der Waals surface area contributed by atoms with Crippen LogP contribution in [-0.4, -0.2) is 31.6 Å². The van der Waals surface area contributed by atoms with Crippen LogP contribution in [0.2, 0.25) is 0 Å². The molecule has 28 heavy (non-hydrogen) atoms. The molecule has 8 nitrogen and oxygen atoms in total. The van der Waals surface area contributed by atoms with Crippen molar-refractivity contribution >= 4 is 29.0 Å². The second kappa shape index (κ2) is 8.66. The summed E-state index contributed by atoms with van der Waals surface area (Å²) in [7, 11) is 0. The van der Waals surface area contributed by atoms with Crippen molar-refractivity contribution in [2.24, 2.45) is 0 Å². The highest BCUT2D eigenvalue weighted by atomic mass is 32.2. The summed E-state index contributed by atoms with van der Waals surface area (Å²) in [5.74, 6) is 0.343. The fraction of sp³-hybridized carbons (Fsp3) is 0.211. The number of hydrogen-bond donors (Lipinski definition) is 1. The zero-order chi connectivity index (χ0) is 20.1. The highest BCUT2D eigenvalue weighted by molar-refractivity contribution is 7.99. The van der Waals surface area contributed by atoms with Crippen molar-refractivity contribution in [3.63, 3.8) is 0 Å². The first-order valence-electron chi connectivity index (χ1n) is 8.71. The summed E-state index contributed by atoms with van der Waals surface area (Å²) >= 11 is 1.58. The Morgan fingerprint density at radius 2 is 1.96 bits per heavy atom. The number of nitro benzene ring substituents is 1. The number of nitro groups is 1. The SMILES string of the molecule is CCCSc1ccc([N+](=O)[O-])c(NC(=O)c2nn(-c3ccccc3)nc2C)c1. The minimum atomic E-state index is -0.541. The first kappa shape index (κ1) is 19.6. The van der Waals surface area contributed by atoms with Crippen molar-refractivity contribution in [3.8, 4) is 5.69 Å². The summed E-state index contributed by atoms with van der Waals surface area (Å²) in [6, 6.07) is 13.9. The van der Waals surface area contributed by atoms with E-state index in [9.17, 15) is 14.9 Å². The molecular weight excluding hydrogens is 378 g/mol. The Balaban J connectivity index is 1.88. The number of carbonyl (C=O) groups excluding carboxylic acids is 1. The van der Waals surface area contributed by atoms with Crippen molar-refractivity contribution < 1.29 is 9.72 Å². The van der Waals surface area contributed by atoms with Gasteiger partial charge in [0.15, 0.2) is 5.69 Å². The predicted octanol–water partition coefficient (Wildman–Crippen LogP) is 4.24. The van der Waals surface area contributed by atoms with Gasteiger partial charge in [0, 0.05) is 11.0 Å². The number of benzene rings is 2. The normalized spacial score (nSPS) is 10.6. The number of nitrogens with zero attached hydrogens (tertiary/aromatic N) is 4. The van der Waals surface area contributed by atoms with Gasteiger partial charge in [-0.25, -0.2) is 0 Å². The van der Waals surface area contributed by atoms with Crippen LogP contribution in [0.25, 0.3) is 5.69 Å². The van der Waals surface area contributed by atoms with Gasteiger partial charge in [-0.15, -0.1) is 16.9 Å². The summed E-state index contributed by atoms with van der Waals surface area (Å²) in [5, 5.41) is 22.5. The van der Waals surface area contributed by atoms with E-state index in [1.165, 1.54) is 10.9 Å². The molecule has 2 aromatic carbocycles. The molecule has 0 aliphatic rings. The van der Waals surface area contributed by atoms with Crippen LogP contribution in [0, 0.1) is 17.0 Å². The van der Waals surface area contributed by atoms with Crippen LogP contribution in [0.15, 0.2) is 53.4 Å². The molecule has 0 atom stereocenters. The molecule has 1 aromatic heterocycles. The number of aromatic nitrogens is 3. The van der Waals surface area contributed by atoms with Gasteiger partial charge < -0.3 is 5.32 Å². The summed E-state index contributed by atoms with van der Waals surface area (Å²) in [4.78, 5) is 25.8. The number of rotatable bonds is 7. The van der Waals surface area contributed by atoms with E-state index in [-0.39, 0.29) is 17.1 Å². The van der Waals surface area contributed by atoms with Crippen molar-refractivity contribution in [1.82, 2.24) is 15.0 Å². The average Bonchev–Trinajstić information content (AvgIpc) is 3.09. The molecule has 3 aromatic rings. The molecule has 0 aliphatic heterocycles. The number of aryl methyl sites for hydroxylation is 1. The lowest BCUT2D eigenvalue weighted by Crippen LogP contribution is -2.15. The lowest BCUT2D eigenvalue weighted by atomic mass is 10.2. The van der Waals surface area contributed by atoms with E-state index in [1.54, 1.807) is 30.8 Å². The summed E-state index contributed by atoms with van der Waals surface area (Å²) in [6.45, 7) is 3.73. The van der Waals surface area contributed by atoms with E-state index >= 15 is 0 Å². The van der Waals surface area contributed by atoms with Gasteiger partial charge >= 0.3 is 0 Å². The van der Waals surface area contributed by atoms with E-state index in [2.05, 4.69) is 22.4 Å². The predicted molar refractivity (Wildman–Crippen MR) is 108 cm³/mol. The van der Waals surface area contributed by atoms with Gasteiger partial charge in [-0.05, 0) is 43.4 Å². The third-order valence-electron chi connectivity index (χ3n) is 3.87. The van der Waals surface area contributed by atoms with Gasteiger partial charge in [-0.1, -0.05) is 25.1 Å². The van der Waals surface area contributed by atoms with Gasteiger partial charge in [0.2, 0.25) is 0 Å². The molecule has 144 valence electrons. The third-order valence-corrected chi connectivity index (χ3v) is 5.07. The summed E-state index contributed by atoms with van der Waals surface area (Å²) in [6.07, 6.45) is 0.977. The fourth-order valence-electron chi connectivity index (χ4n) is 2.53. The smallest absolute Gasteiger partial charge is 0.292 e. The van der Waals surface area contributed by atoms with E-state index in [0.717, 1.165) is 17.1 Å². The summed E-state index contributed by atoms with van der Waals surface area (Å²) in [5.41, 5.74) is 1.24. The number of amides is 1. The highest BCUT2D eigenvalue weighted by Crippen LogP contribution is 2.30. The molecule has 3 rings (SSSR count). The first-order valence-corrected chi connectivity index (χ1v) is 9.70. The second-order valence-electron chi connectivity index (χ2n) is 6.00. The van der Waals surface area contributed by atoms with Crippen LogP contribution in [-0.2, 0) is 0 Å². The summed E-state index contributed by atoms with van der Waals surface area (Å²) < 4.78 is 0. The molecule has 0 aliphatic carbocycles. The zero-order valence-electron chi connectivity index (χ0n) is 15.5. The standard InChI is InChI=1S/C19H19N5O3S/c1-3-11-28-15-9-10-17(24(26)27)16(12-15)20-19(25)18-13(2)21-23(22-18)14-7-5-4-6-8-14/h4-10,12H,3,11H2,1-2H3,(H,20,25). The van der Waals surface area contributed by atoms with Crippen LogP contribution in [0.4, 0.5) is 11.4 Å². The quantitative estimate of drug-likeness (QED) is 0.363. The number of para-hydroxylation sites is 1. The molecule has 0 unspecified atom stereocenters. The first-order chi connectivity index (χ1) is 13.5. The topological polar surface area (TPSA) is 103 Å². The molecule has 0 radical (unpaired) electrons. The molecule has 1 heterocycles. The molecular formula is C19H19N5O3S. The maximum absolute atomic E-state index is 12.7. The second-order valence-corrected chi connectivity index (χ2v) is 7.17. The Kier molecular flexibility index (Phi) is 6.05. The Bertz CT molecular complexity index is 1000. The van der Waals surface area contributed by atoms with Crippen LogP contribution in [0.5, 0.6) is 0 Å². The van der Waals surface area contributed by atoms with E-state index < -0.39 is 10.8 Å². The average molecular weight is 397 g/mol. The van der Waals surface area contributed by atoms with Crippen LogP contribution in [0.1, 0.15) is 29.5 Å². The van der Waals surface area contributed by atoms with Crippen molar-refractivity contribution in [2.75, 3.05) is 11.1 Å². The zero-order valence-corrected chi connectivity index (χ0v) is 16.3. The van der Waals surface area contributed by atoms with Crippen LogP contribution >= 0.6 is 11.8 Å². The molecule has 0 fully saturated rings. The highest BCUT2D eigenvalue weighted by Gasteiger charge is 2.21. The number of hydrogen-bond acceptors (Lipinski definition) is 6. The largest absolute Gasteiger partial charge is 0.315 e. The molecule has 1 N–H and O–H groups in total. The number of nitrogens with one attached hydrogen (secondary N) is 1. The molecule has 9 heteroatoms. The van der Waals surface area contributed by atoms with Gasteiger partial charge in [0.1, 0.15) is 5.69 Å². The maximum Gasteiger partial charge on any atom is 0.292 e.